The first-order chi connectivity index (χ1) is 13.0. The molecule has 3 aromatic heterocycles. The summed E-state index contributed by atoms with van der Waals surface area (Å²) in [6, 6.07) is 11.5. The monoisotopic (exact) mass is 375 g/mol. The van der Waals surface area contributed by atoms with E-state index >= 15 is 0 Å². The van der Waals surface area contributed by atoms with Crippen molar-refractivity contribution in [1.82, 2.24) is 19.5 Å². The molecular weight excluding hydrogens is 358 g/mol. The number of hydrogen-bond donors (Lipinski definition) is 4. The van der Waals surface area contributed by atoms with Gasteiger partial charge in [-0.2, -0.15) is 0 Å². The molecule has 0 saturated carbocycles. The first-order valence-electron chi connectivity index (χ1n) is 8.21. The fraction of sp³-hybridized carbons (Fsp3) is 0.0526. The Morgan fingerprint density at radius 3 is 2.81 bits per heavy atom. The first kappa shape index (κ1) is 17.0. The van der Waals surface area contributed by atoms with Gasteiger partial charge in [0.2, 0.25) is 0 Å². The Balaban J connectivity index is 1.78. The smallest absolute Gasteiger partial charge is 0.157 e. The summed E-state index contributed by atoms with van der Waals surface area (Å²) in [5.74, 6) is 0.790. The Kier molecular flexibility index (Phi) is 4.25. The minimum absolute atomic E-state index is 0.0978. The molecule has 0 saturated heterocycles. The van der Waals surface area contributed by atoms with Crippen LogP contribution in [-0.2, 0) is 0 Å². The highest BCUT2D eigenvalue weighted by molar-refractivity contribution is 8.26. The van der Waals surface area contributed by atoms with Crippen molar-refractivity contribution < 1.29 is 0 Å². The quantitative estimate of drug-likeness (QED) is 0.322. The van der Waals surface area contributed by atoms with Crippen molar-refractivity contribution in [2.45, 2.75) is 6.92 Å². The van der Waals surface area contributed by atoms with Crippen LogP contribution in [0.4, 0.5) is 0 Å². The summed E-state index contributed by atoms with van der Waals surface area (Å²) in [5.41, 5.74) is 9.78. The number of nitrogens with zero attached hydrogens (tertiary/aromatic N) is 3. The Morgan fingerprint density at radius 1 is 1.22 bits per heavy atom. The largest absolute Gasteiger partial charge is 0.378 e. The molecule has 0 radical (unpaired) electrons. The average molecular weight is 375 g/mol. The summed E-state index contributed by atoms with van der Waals surface area (Å²) in [6.45, 7) is 1.94. The van der Waals surface area contributed by atoms with E-state index in [1.807, 2.05) is 60.3 Å². The van der Waals surface area contributed by atoms with Crippen molar-refractivity contribution in [1.29, 1.82) is 10.8 Å². The lowest BCUT2D eigenvalue weighted by molar-refractivity contribution is 0.996. The number of aromatic nitrogens is 4. The van der Waals surface area contributed by atoms with Crippen molar-refractivity contribution in [2.75, 3.05) is 0 Å². The zero-order valence-corrected chi connectivity index (χ0v) is 15.3. The number of thioether (sulfide) groups is 1. The van der Waals surface area contributed by atoms with Crippen LogP contribution in [0.3, 0.4) is 0 Å². The van der Waals surface area contributed by atoms with Crippen LogP contribution in [0.5, 0.6) is 0 Å². The maximum Gasteiger partial charge on any atom is 0.157 e. The van der Waals surface area contributed by atoms with Gasteiger partial charge in [-0.15, -0.1) is 0 Å². The molecule has 5 N–H and O–H groups in total. The van der Waals surface area contributed by atoms with Crippen molar-refractivity contribution in [3.8, 4) is 17.1 Å². The number of H-pyrrole nitrogens is 1. The first-order valence-corrected chi connectivity index (χ1v) is 9.03. The lowest BCUT2D eigenvalue weighted by Gasteiger charge is -2.06. The predicted molar refractivity (Wildman–Crippen MR) is 110 cm³/mol. The highest BCUT2D eigenvalue weighted by Gasteiger charge is 2.12. The molecule has 134 valence electrons. The van der Waals surface area contributed by atoms with Gasteiger partial charge in [-0.1, -0.05) is 12.1 Å². The van der Waals surface area contributed by atoms with E-state index in [2.05, 4.69) is 9.97 Å². The van der Waals surface area contributed by atoms with Gasteiger partial charge in [-0.3, -0.25) is 15.4 Å². The van der Waals surface area contributed by atoms with Crippen LogP contribution in [-0.4, -0.2) is 29.7 Å². The van der Waals surface area contributed by atoms with E-state index in [1.54, 1.807) is 6.33 Å². The van der Waals surface area contributed by atoms with E-state index in [1.165, 1.54) is 0 Å². The van der Waals surface area contributed by atoms with Gasteiger partial charge in [-0.25, -0.2) is 9.97 Å². The molecule has 0 bridgehead atoms. The third-order valence-electron chi connectivity index (χ3n) is 4.14. The highest BCUT2D eigenvalue weighted by atomic mass is 32.2. The summed E-state index contributed by atoms with van der Waals surface area (Å²) < 4.78 is 1.89. The molecule has 0 aliphatic rings. The zero-order chi connectivity index (χ0) is 19.0. The fourth-order valence-electron chi connectivity index (χ4n) is 2.91. The second-order valence-corrected chi connectivity index (χ2v) is 7.11. The number of amidine groups is 1. The summed E-state index contributed by atoms with van der Waals surface area (Å²) >= 11 is 0.931. The number of benzene rings is 1. The molecule has 4 rings (SSSR count). The second kappa shape index (κ2) is 6.73. The van der Waals surface area contributed by atoms with Crippen LogP contribution < -0.4 is 5.73 Å². The maximum absolute atomic E-state index is 8.12. The molecule has 4 aromatic rings. The van der Waals surface area contributed by atoms with Crippen molar-refractivity contribution in [3.05, 3.63) is 66.4 Å². The SMILES string of the molecule is Cc1cn(-c2cccc(-c3c[nH]c4ccc(C(=N)SC(=N)N)cc34)n2)cn1. The molecule has 0 aliphatic heterocycles. The zero-order valence-electron chi connectivity index (χ0n) is 14.5. The van der Waals surface area contributed by atoms with E-state index < -0.39 is 0 Å². The molecule has 3 heterocycles. The number of imidazole rings is 1. The number of rotatable bonds is 3. The number of nitrogens with two attached hydrogens (primary N) is 1. The number of fused-ring (bicyclic) bond motifs is 1. The van der Waals surface area contributed by atoms with Crippen molar-refractivity contribution >= 4 is 32.9 Å². The topological polar surface area (TPSA) is 120 Å². The maximum atomic E-state index is 8.12. The van der Waals surface area contributed by atoms with Crippen LogP contribution in [0, 0.1) is 17.7 Å². The van der Waals surface area contributed by atoms with Crippen LogP contribution in [0.2, 0.25) is 0 Å². The van der Waals surface area contributed by atoms with Gasteiger partial charge in [0.15, 0.2) is 5.17 Å². The van der Waals surface area contributed by atoms with Crippen molar-refractivity contribution in [3.63, 3.8) is 0 Å². The summed E-state index contributed by atoms with van der Waals surface area (Å²) in [6.07, 6.45) is 5.59. The Morgan fingerprint density at radius 2 is 2.07 bits per heavy atom. The van der Waals surface area contributed by atoms with Gasteiger partial charge in [0.05, 0.1) is 11.4 Å². The van der Waals surface area contributed by atoms with Crippen LogP contribution >= 0.6 is 11.8 Å². The Hall–Kier alpha value is -3.39. The molecule has 27 heavy (non-hydrogen) atoms. The van der Waals surface area contributed by atoms with Gasteiger partial charge in [0, 0.05) is 34.4 Å². The molecule has 0 aliphatic carbocycles. The number of pyridine rings is 1. The standard InChI is InChI=1S/C19H17N7S/c1-11-9-26(10-24-11)17-4-2-3-16(25-17)14-8-23-15-6-5-12(7-13(14)15)18(20)27-19(21)22/h2-10,20,23H,1H3,(H3,21,22). The lowest BCUT2D eigenvalue weighted by Crippen LogP contribution is -2.08. The average Bonchev–Trinajstić information content (AvgIpc) is 3.27. The summed E-state index contributed by atoms with van der Waals surface area (Å²) in [4.78, 5) is 12.3. The van der Waals surface area contributed by atoms with E-state index in [0.29, 0.717) is 5.56 Å². The molecule has 8 heteroatoms. The van der Waals surface area contributed by atoms with Gasteiger partial charge in [0.25, 0.3) is 0 Å². The summed E-state index contributed by atoms with van der Waals surface area (Å²) in [7, 11) is 0. The number of nitrogens with one attached hydrogen (secondary N) is 3. The highest BCUT2D eigenvalue weighted by Crippen LogP contribution is 2.29. The molecule has 7 nitrogen and oxygen atoms in total. The van der Waals surface area contributed by atoms with Crippen LogP contribution in [0.25, 0.3) is 28.0 Å². The molecule has 0 unspecified atom stereocenters. The molecule has 0 atom stereocenters. The minimum atomic E-state index is -0.0978. The van der Waals surface area contributed by atoms with E-state index in [-0.39, 0.29) is 10.2 Å². The van der Waals surface area contributed by atoms with Gasteiger partial charge < -0.3 is 10.7 Å². The second-order valence-electron chi connectivity index (χ2n) is 6.06. The molecular formula is C19H17N7S. The van der Waals surface area contributed by atoms with Gasteiger partial charge >= 0.3 is 0 Å². The molecule has 0 amide bonds. The summed E-state index contributed by atoms with van der Waals surface area (Å²) in [5, 5.41) is 16.6. The van der Waals surface area contributed by atoms with E-state index in [9.17, 15) is 0 Å². The number of aromatic amines is 1. The number of aryl methyl sites for hydroxylation is 1. The van der Waals surface area contributed by atoms with Crippen molar-refractivity contribution in [2.24, 2.45) is 5.73 Å². The molecule has 0 fully saturated rings. The van der Waals surface area contributed by atoms with Crippen LogP contribution in [0.15, 0.2) is 55.1 Å². The minimum Gasteiger partial charge on any atom is -0.378 e. The van der Waals surface area contributed by atoms with Gasteiger partial charge in [-0.05, 0) is 43.0 Å². The third kappa shape index (κ3) is 3.34. The number of hydrogen-bond acceptors (Lipinski definition) is 5. The fourth-order valence-corrected chi connectivity index (χ4v) is 3.37. The Bertz CT molecular complexity index is 1170. The molecule has 0 spiro atoms. The van der Waals surface area contributed by atoms with E-state index in [0.717, 1.165) is 45.4 Å². The predicted octanol–water partition coefficient (Wildman–Crippen LogP) is 3.68. The third-order valence-corrected chi connectivity index (χ3v) is 4.80. The molecule has 1 aromatic carbocycles. The van der Waals surface area contributed by atoms with Gasteiger partial charge in [0.1, 0.15) is 17.2 Å². The lowest BCUT2D eigenvalue weighted by atomic mass is 10.1. The normalized spacial score (nSPS) is 11.0. The van der Waals surface area contributed by atoms with Crippen LogP contribution in [0.1, 0.15) is 11.3 Å². The van der Waals surface area contributed by atoms with E-state index in [4.69, 9.17) is 21.5 Å². The Labute approximate surface area is 159 Å².